The number of rotatable bonds is 3. The molecule has 6 heteroatoms. The molecule has 1 aromatic heterocycles. The zero-order valence-electron chi connectivity index (χ0n) is 14.0. The lowest BCUT2D eigenvalue weighted by molar-refractivity contribution is 0.627. The molecule has 4 nitrogen and oxygen atoms in total. The second-order valence-electron chi connectivity index (χ2n) is 5.85. The standard InChI is InChI=1S/C21H13F2N3O/c22-15-7-5-6-14(12-15)13-24-26-20(16-8-1-3-10-18(16)23)25-19-11-4-2-9-17(19)21(26)27/h1-13H. The molecule has 0 fully saturated rings. The fraction of sp³-hybridized carbons (Fsp3) is 0. The topological polar surface area (TPSA) is 47.2 Å². The molecule has 3 aromatic carbocycles. The molecule has 0 bridgehead atoms. The number of fused-ring (bicyclic) bond motifs is 1. The van der Waals surface area contributed by atoms with Crippen molar-refractivity contribution >= 4 is 17.1 Å². The van der Waals surface area contributed by atoms with E-state index in [1.54, 1.807) is 42.5 Å². The summed E-state index contributed by atoms with van der Waals surface area (Å²) in [7, 11) is 0. The summed E-state index contributed by atoms with van der Waals surface area (Å²) in [5, 5.41) is 4.52. The molecule has 0 aliphatic carbocycles. The lowest BCUT2D eigenvalue weighted by Gasteiger charge is -2.10. The maximum Gasteiger partial charge on any atom is 0.282 e. The van der Waals surface area contributed by atoms with Crippen LogP contribution in [-0.4, -0.2) is 15.9 Å². The SMILES string of the molecule is O=c1c2ccccc2nc(-c2ccccc2F)n1N=Cc1cccc(F)c1. The Morgan fingerprint density at radius 2 is 1.70 bits per heavy atom. The van der Waals surface area contributed by atoms with Crippen molar-refractivity contribution in [3.63, 3.8) is 0 Å². The molecule has 0 atom stereocenters. The maximum atomic E-state index is 14.3. The van der Waals surface area contributed by atoms with Crippen LogP contribution in [0.5, 0.6) is 0 Å². The van der Waals surface area contributed by atoms with E-state index >= 15 is 0 Å². The molecule has 0 aliphatic heterocycles. The second kappa shape index (κ2) is 6.92. The van der Waals surface area contributed by atoms with Crippen LogP contribution in [0.4, 0.5) is 8.78 Å². The summed E-state index contributed by atoms with van der Waals surface area (Å²) in [6.45, 7) is 0. The van der Waals surface area contributed by atoms with Crippen molar-refractivity contribution in [1.82, 2.24) is 9.66 Å². The fourth-order valence-electron chi connectivity index (χ4n) is 2.76. The van der Waals surface area contributed by atoms with Crippen LogP contribution in [0, 0.1) is 11.6 Å². The molecule has 4 rings (SSSR count). The van der Waals surface area contributed by atoms with E-state index in [2.05, 4.69) is 10.1 Å². The number of halogens is 2. The Labute approximate surface area is 153 Å². The van der Waals surface area contributed by atoms with E-state index in [9.17, 15) is 13.6 Å². The lowest BCUT2D eigenvalue weighted by atomic mass is 10.2. The van der Waals surface area contributed by atoms with Gasteiger partial charge >= 0.3 is 0 Å². The van der Waals surface area contributed by atoms with Crippen LogP contribution < -0.4 is 5.56 Å². The minimum absolute atomic E-state index is 0.0736. The molecule has 0 saturated carbocycles. The first-order valence-electron chi connectivity index (χ1n) is 8.20. The lowest BCUT2D eigenvalue weighted by Crippen LogP contribution is -2.20. The first-order chi connectivity index (χ1) is 13.1. The summed E-state index contributed by atoms with van der Waals surface area (Å²) in [5.74, 6) is -0.865. The predicted octanol–water partition coefficient (Wildman–Crippen LogP) is 4.22. The highest BCUT2D eigenvalue weighted by molar-refractivity contribution is 5.82. The summed E-state index contributed by atoms with van der Waals surface area (Å²) >= 11 is 0. The van der Waals surface area contributed by atoms with Crippen molar-refractivity contribution < 1.29 is 8.78 Å². The molecule has 0 spiro atoms. The molecule has 0 aliphatic rings. The Bertz CT molecular complexity index is 1230. The van der Waals surface area contributed by atoms with Gasteiger partial charge in [0.05, 0.1) is 22.7 Å². The van der Waals surface area contributed by atoms with Crippen molar-refractivity contribution in [2.24, 2.45) is 5.10 Å². The molecular formula is C21H13F2N3O. The molecule has 0 N–H and O–H groups in total. The molecule has 132 valence electrons. The maximum absolute atomic E-state index is 14.3. The Morgan fingerprint density at radius 3 is 2.52 bits per heavy atom. The van der Waals surface area contributed by atoms with Crippen molar-refractivity contribution in [3.05, 3.63) is 100 Å². The van der Waals surface area contributed by atoms with Crippen molar-refractivity contribution in [1.29, 1.82) is 0 Å². The van der Waals surface area contributed by atoms with Gasteiger partial charge in [-0.1, -0.05) is 36.4 Å². The largest absolute Gasteiger partial charge is 0.282 e. The zero-order valence-corrected chi connectivity index (χ0v) is 14.0. The quantitative estimate of drug-likeness (QED) is 0.513. The van der Waals surface area contributed by atoms with Gasteiger partial charge in [0.25, 0.3) is 5.56 Å². The highest BCUT2D eigenvalue weighted by atomic mass is 19.1. The number of nitrogens with zero attached hydrogens (tertiary/aromatic N) is 3. The van der Waals surface area contributed by atoms with Crippen LogP contribution in [0.2, 0.25) is 0 Å². The zero-order chi connectivity index (χ0) is 18.8. The van der Waals surface area contributed by atoms with Crippen molar-refractivity contribution in [2.45, 2.75) is 0 Å². The van der Waals surface area contributed by atoms with E-state index in [0.29, 0.717) is 16.5 Å². The summed E-state index contributed by atoms with van der Waals surface area (Å²) in [6.07, 6.45) is 1.34. The molecule has 0 radical (unpaired) electrons. The first-order valence-corrected chi connectivity index (χ1v) is 8.20. The summed E-state index contributed by atoms with van der Waals surface area (Å²) in [5.41, 5.74) is 0.621. The third kappa shape index (κ3) is 3.25. The van der Waals surface area contributed by atoms with Crippen LogP contribution in [-0.2, 0) is 0 Å². The molecule has 0 saturated heterocycles. The van der Waals surface area contributed by atoms with Gasteiger partial charge in [-0.15, -0.1) is 0 Å². The number of hydrogen-bond donors (Lipinski definition) is 0. The van der Waals surface area contributed by atoms with E-state index in [-0.39, 0.29) is 11.4 Å². The van der Waals surface area contributed by atoms with Gasteiger partial charge in [0.15, 0.2) is 5.82 Å². The van der Waals surface area contributed by atoms with E-state index in [1.165, 1.54) is 36.5 Å². The first kappa shape index (κ1) is 16.8. The number of aromatic nitrogens is 2. The minimum atomic E-state index is -0.519. The van der Waals surface area contributed by atoms with Gasteiger partial charge in [0, 0.05) is 0 Å². The smallest absolute Gasteiger partial charge is 0.267 e. The van der Waals surface area contributed by atoms with Crippen LogP contribution >= 0.6 is 0 Å². The van der Waals surface area contributed by atoms with E-state index < -0.39 is 17.2 Å². The molecule has 1 heterocycles. The van der Waals surface area contributed by atoms with Crippen LogP contribution in [0.1, 0.15) is 5.56 Å². The Hall–Kier alpha value is -3.67. The van der Waals surface area contributed by atoms with Gasteiger partial charge in [-0.25, -0.2) is 13.8 Å². The molecular weight excluding hydrogens is 348 g/mol. The monoisotopic (exact) mass is 361 g/mol. The van der Waals surface area contributed by atoms with Crippen LogP contribution in [0.3, 0.4) is 0 Å². The summed E-state index contributed by atoms with van der Waals surface area (Å²) in [6, 6.07) is 18.6. The number of hydrogen-bond acceptors (Lipinski definition) is 3. The van der Waals surface area contributed by atoms with Crippen molar-refractivity contribution in [2.75, 3.05) is 0 Å². The Balaban J connectivity index is 1.97. The van der Waals surface area contributed by atoms with Crippen LogP contribution in [0.25, 0.3) is 22.3 Å². The normalized spacial score (nSPS) is 11.3. The number of para-hydroxylation sites is 1. The Kier molecular flexibility index (Phi) is 4.30. The summed E-state index contributed by atoms with van der Waals surface area (Å²) in [4.78, 5) is 17.4. The average molecular weight is 361 g/mol. The van der Waals surface area contributed by atoms with Crippen LogP contribution in [0.15, 0.2) is 82.7 Å². The predicted molar refractivity (Wildman–Crippen MR) is 101 cm³/mol. The minimum Gasteiger partial charge on any atom is -0.267 e. The third-order valence-corrected chi connectivity index (χ3v) is 4.04. The van der Waals surface area contributed by atoms with Crippen molar-refractivity contribution in [3.8, 4) is 11.4 Å². The third-order valence-electron chi connectivity index (χ3n) is 4.04. The fourth-order valence-corrected chi connectivity index (χ4v) is 2.76. The van der Waals surface area contributed by atoms with Gasteiger partial charge < -0.3 is 0 Å². The van der Waals surface area contributed by atoms with Gasteiger partial charge in [-0.2, -0.15) is 9.78 Å². The highest BCUT2D eigenvalue weighted by Crippen LogP contribution is 2.21. The molecule has 0 unspecified atom stereocenters. The molecule has 27 heavy (non-hydrogen) atoms. The van der Waals surface area contributed by atoms with Gasteiger partial charge in [0.2, 0.25) is 0 Å². The van der Waals surface area contributed by atoms with Gasteiger partial charge in [-0.3, -0.25) is 4.79 Å². The number of benzene rings is 3. The van der Waals surface area contributed by atoms with E-state index in [4.69, 9.17) is 0 Å². The average Bonchev–Trinajstić information content (AvgIpc) is 2.68. The molecule has 0 amide bonds. The van der Waals surface area contributed by atoms with Gasteiger partial charge in [0.1, 0.15) is 11.6 Å². The van der Waals surface area contributed by atoms with E-state index in [1.807, 2.05) is 0 Å². The van der Waals surface area contributed by atoms with E-state index in [0.717, 1.165) is 4.68 Å². The second-order valence-corrected chi connectivity index (χ2v) is 5.85. The Morgan fingerprint density at radius 1 is 0.926 bits per heavy atom. The van der Waals surface area contributed by atoms with Gasteiger partial charge in [-0.05, 0) is 42.0 Å². The highest BCUT2D eigenvalue weighted by Gasteiger charge is 2.15. The summed E-state index contributed by atoms with van der Waals surface area (Å²) < 4.78 is 28.8. The molecule has 4 aromatic rings.